The summed E-state index contributed by atoms with van der Waals surface area (Å²) >= 11 is 1.26. The first-order valence-corrected chi connectivity index (χ1v) is 6.86. The van der Waals surface area contributed by atoms with Crippen LogP contribution in [0.3, 0.4) is 0 Å². The van der Waals surface area contributed by atoms with Crippen molar-refractivity contribution < 1.29 is 0 Å². The molecule has 0 saturated heterocycles. The molecule has 21 heavy (non-hydrogen) atoms. The quantitative estimate of drug-likeness (QED) is 0.809. The summed E-state index contributed by atoms with van der Waals surface area (Å²) in [5, 5.41) is 28.7. The Balaban J connectivity index is 2.32. The van der Waals surface area contributed by atoms with E-state index >= 15 is 0 Å². The molecular weight excluding hydrogens is 282 g/mol. The van der Waals surface area contributed by atoms with Crippen LogP contribution in [0.4, 0.5) is 5.13 Å². The molecule has 6 heteroatoms. The Morgan fingerprint density at radius 1 is 1.19 bits per heavy atom. The standard InChI is InChI=1S/C15H9N5S/c1-10-2-4-11(5-3-10)14-9-21-15(20-14)19-13(8-18)12(6-16)7-17/h2-5,9,12H,1H3/b19-13+. The van der Waals surface area contributed by atoms with Gasteiger partial charge in [0, 0.05) is 10.9 Å². The number of aromatic nitrogens is 1. The average molecular weight is 291 g/mol. The number of thiazole rings is 1. The Labute approximate surface area is 126 Å². The molecule has 0 unspecified atom stereocenters. The maximum atomic E-state index is 8.97. The summed E-state index contributed by atoms with van der Waals surface area (Å²) in [5.41, 5.74) is 2.73. The summed E-state index contributed by atoms with van der Waals surface area (Å²) in [4.78, 5) is 8.31. The van der Waals surface area contributed by atoms with Crippen LogP contribution in [0.2, 0.25) is 0 Å². The lowest BCUT2D eigenvalue weighted by Crippen LogP contribution is -2.07. The minimum Gasteiger partial charge on any atom is -0.218 e. The first kappa shape index (κ1) is 14.4. The van der Waals surface area contributed by atoms with Crippen LogP contribution < -0.4 is 0 Å². The van der Waals surface area contributed by atoms with Gasteiger partial charge in [0.15, 0.2) is 11.6 Å². The first-order valence-electron chi connectivity index (χ1n) is 5.98. The molecule has 0 bridgehead atoms. The van der Waals surface area contributed by atoms with E-state index in [4.69, 9.17) is 15.8 Å². The van der Waals surface area contributed by atoms with Crippen molar-refractivity contribution in [2.24, 2.45) is 10.9 Å². The van der Waals surface area contributed by atoms with Crippen LogP contribution >= 0.6 is 11.3 Å². The molecule has 0 aliphatic carbocycles. The highest BCUT2D eigenvalue weighted by atomic mass is 32.1. The van der Waals surface area contributed by atoms with E-state index in [1.807, 2.05) is 36.6 Å². The molecule has 0 radical (unpaired) electrons. The van der Waals surface area contributed by atoms with Crippen LogP contribution in [0.25, 0.3) is 11.3 Å². The minimum absolute atomic E-state index is 0.134. The monoisotopic (exact) mass is 291 g/mol. The fraction of sp³-hybridized carbons (Fsp3) is 0.133. The van der Waals surface area contributed by atoms with Crippen molar-refractivity contribution in [1.82, 2.24) is 4.98 Å². The summed E-state index contributed by atoms with van der Waals surface area (Å²) in [6, 6.07) is 13.1. The van der Waals surface area contributed by atoms with E-state index in [0.717, 1.165) is 16.8 Å². The van der Waals surface area contributed by atoms with Crippen LogP contribution in [0.15, 0.2) is 34.6 Å². The number of benzene rings is 1. The number of hydrogen-bond acceptors (Lipinski definition) is 6. The molecule has 0 saturated carbocycles. The molecule has 100 valence electrons. The second-order valence-electron chi connectivity index (χ2n) is 4.18. The van der Waals surface area contributed by atoms with Crippen molar-refractivity contribution in [3.63, 3.8) is 0 Å². The highest BCUT2D eigenvalue weighted by molar-refractivity contribution is 7.13. The van der Waals surface area contributed by atoms with Crippen molar-refractivity contribution in [3.05, 3.63) is 35.2 Å². The SMILES string of the molecule is Cc1ccc(-c2csc(/N=C(\C#N)C(C#N)C#N)n2)cc1. The smallest absolute Gasteiger partial charge is 0.210 e. The van der Waals surface area contributed by atoms with E-state index in [1.54, 1.807) is 18.2 Å². The zero-order chi connectivity index (χ0) is 15.2. The zero-order valence-electron chi connectivity index (χ0n) is 11.1. The topological polar surface area (TPSA) is 96.6 Å². The Morgan fingerprint density at radius 2 is 1.86 bits per heavy atom. The van der Waals surface area contributed by atoms with Crippen molar-refractivity contribution in [3.8, 4) is 29.5 Å². The van der Waals surface area contributed by atoms with Crippen LogP contribution in [0, 0.1) is 46.8 Å². The third-order valence-corrected chi connectivity index (χ3v) is 3.44. The van der Waals surface area contributed by atoms with Gasteiger partial charge in [-0.15, -0.1) is 11.3 Å². The summed E-state index contributed by atoms with van der Waals surface area (Å²) in [5.74, 6) is -1.17. The van der Waals surface area contributed by atoms with Gasteiger partial charge in [-0.25, -0.2) is 9.98 Å². The molecule has 0 aliphatic rings. The highest BCUT2D eigenvalue weighted by Gasteiger charge is 2.15. The lowest BCUT2D eigenvalue weighted by atomic mass is 10.1. The highest BCUT2D eigenvalue weighted by Crippen LogP contribution is 2.27. The molecular formula is C15H9N5S. The van der Waals surface area contributed by atoms with Crippen molar-refractivity contribution in [2.75, 3.05) is 0 Å². The van der Waals surface area contributed by atoms with Gasteiger partial charge >= 0.3 is 0 Å². The molecule has 0 N–H and O–H groups in total. The van der Waals surface area contributed by atoms with Gasteiger partial charge in [0.25, 0.3) is 0 Å². The molecule has 0 spiro atoms. The van der Waals surface area contributed by atoms with Gasteiger partial charge in [0.05, 0.1) is 17.8 Å². The van der Waals surface area contributed by atoms with E-state index in [0.29, 0.717) is 5.13 Å². The Kier molecular flexibility index (Phi) is 4.41. The molecule has 1 aromatic carbocycles. The van der Waals surface area contributed by atoms with Gasteiger partial charge in [0.1, 0.15) is 6.07 Å². The summed E-state index contributed by atoms with van der Waals surface area (Å²) < 4.78 is 0. The van der Waals surface area contributed by atoms with Gasteiger partial charge in [0.2, 0.25) is 5.13 Å². The predicted molar refractivity (Wildman–Crippen MR) is 79.7 cm³/mol. The maximum Gasteiger partial charge on any atom is 0.210 e. The molecule has 0 aliphatic heterocycles. The van der Waals surface area contributed by atoms with Crippen LogP contribution in [-0.2, 0) is 0 Å². The number of aryl methyl sites for hydroxylation is 1. The molecule has 2 rings (SSSR count). The third kappa shape index (κ3) is 3.30. The van der Waals surface area contributed by atoms with E-state index in [1.165, 1.54) is 11.3 Å². The number of hydrogen-bond donors (Lipinski definition) is 0. The number of rotatable bonds is 3. The normalized spacial score (nSPS) is 10.7. The second-order valence-corrected chi connectivity index (χ2v) is 5.02. The maximum absolute atomic E-state index is 8.97. The van der Waals surface area contributed by atoms with Gasteiger partial charge < -0.3 is 0 Å². The Morgan fingerprint density at radius 3 is 2.43 bits per heavy atom. The molecule has 5 nitrogen and oxygen atoms in total. The van der Waals surface area contributed by atoms with Crippen molar-refractivity contribution in [1.29, 1.82) is 15.8 Å². The molecule has 2 aromatic rings. The average Bonchev–Trinajstić information content (AvgIpc) is 2.96. The van der Waals surface area contributed by atoms with Gasteiger partial charge in [-0.05, 0) is 6.92 Å². The molecule has 1 heterocycles. The Bertz CT molecular complexity index is 782. The van der Waals surface area contributed by atoms with Crippen LogP contribution in [0.5, 0.6) is 0 Å². The fourth-order valence-electron chi connectivity index (χ4n) is 1.58. The van der Waals surface area contributed by atoms with Crippen LogP contribution in [-0.4, -0.2) is 10.7 Å². The molecule has 0 amide bonds. The lowest BCUT2D eigenvalue weighted by molar-refractivity contribution is 1.15. The predicted octanol–water partition coefficient (Wildman–Crippen LogP) is 3.38. The van der Waals surface area contributed by atoms with E-state index in [-0.39, 0.29) is 5.71 Å². The van der Waals surface area contributed by atoms with Gasteiger partial charge in [-0.3, -0.25) is 0 Å². The van der Waals surface area contributed by atoms with E-state index in [2.05, 4.69) is 9.98 Å². The lowest BCUT2D eigenvalue weighted by Gasteiger charge is -1.97. The third-order valence-electron chi connectivity index (χ3n) is 2.70. The van der Waals surface area contributed by atoms with Crippen molar-refractivity contribution >= 4 is 22.2 Å². The Hall–Kier alpha value is -3.01. The zero-order valence-corrected chi connectivity index (χ0v) is 11.9. The largest absolute Gasteiger partial charge is 0.218 e. The summed E-state index contributed by atoms with van der Waals surface area (Å²) in [6.07, 6.45) is 0. The van der Waals surface area contributed by atoms with E-state index < -0.39 is 5.92 Å². The molecule has 0 atom stereocenters. The molecule has 1 aromatic heterocycles. The van der Waals surface area contributed by atoms with Crippen molar-refractivity contribution in [2.45, 2.75) is 6.92 Å². The number of nitrogens with zero attached hydrogens (tertiary/aromatic N) is 5. The summed E-state index contributed by atoms with van der Waals surface area (Å²) in [7, 11) is 0. The first-order chi connectivity index (χ1) is 10.2. The van der Waals surface area contributed by atoms with Crippen LogP contribution in [0.1, 0.15) is 5.56 Å². The number of nitriles is 3. The minimum atomic E-state index is -1.17. The summed E-state index contributed by atoms with van der Waals surface area (Å²) in [6.45, 7) is 2.00. The second kappa shape index (κ2) is 6.43. The van der Waals surface area contributed by atoms with E-state index in [9.17, 15) is 0 Å². The van der Waals surface area contributed by atoms with Gasteiger partial charge in [-0.2, -0.15) is 15.8 Å². The fourth-order valence-corrected chi connectivity index (χ4v) is 2.29. The van der Waals surface area contributed by atoms with Gasteiger partial charge in [-0.1, -0.05) is 29.8 Å². The molecule has 0 fully saturated rings. The number of aliphatic imine (C=N–C) groups is 1.